The predicted octanol–water partition coefficient (Wildman–Crippen LogP) is 6.82. The number of hydrogen-bond donors (Lipinski definition) is 1. The van der Waals surface area contributed by atoms with Gasteiger partial charge in [-0.2, -0.15) is 0 Å². The van der Waals surface area contributed by atoms with Crippen molar-refractivity contribution in [1.29, 1.82) is 0 Å². The molecule has 0 aliphatic rings. The number of carbonyl (C=O) groups excluding carboxylic acids is 1. The number of ether oxygens (including phenoxy) is 1. The van der Waals surface area contributed by atoms with E-state index in [1.165, 1.54) is 21.5 Å². The van der Waals surface area contributed by atoms with Crippen molar-refractivity contribution >= 4 is 38.5 Å². The number of para-hydroxylation sites is 1. The van der Waals surface area contributed by atoms with Gasteiger partial charge in [-0.05, 0) is 73.5 Å². The van der Waals surface area contributed by atoms with Crippen LogP contribution in [0.25, 0.3) is 32.6 Å². The van der Waals surface area contributed by atoms with Crippen LogP contribution in [0.15, 0.2) is 78.9 Å². The molecule has 4 nitrogen and oxygen atoms in total. The van der Waals surface area contributed by atoms with Crippen LogP contribution >= 0.6 is 0 Å². The maximum absolute atomic E-state index is 12.0. The number of aryl methyl sites for hydroxylation is 1. The first-order valence-corrected chi connectivity index (χ1v) is 10.4. The predicted molar refractivity (Wildman–Crippen MR) is 127 cm³/mol. The first kappa shape index (κ1) is 20.6. The Labute approximate surface area is 181 Å². The molecule has 1 heterocycles. The largest absolute Gasteiger partial charge is 0.456 e. The third kappa shape index (κ3) is 4.75. The maximum atomic E-state index is 12.0. The normalized spacial score (nSPS) is 11.4. The van der Waals surface area contributed by atoms with Crippen LogP contribution in [0.1, 0.15) is 37.0 Å². The van der Waals surface area contributed by atoms with Gasteiger partial charge in [0.1, 0.15) is 16.9 Å². The summed E-state index contributed by atoms with van der Waals surface area (Å²) in [6, 6.07) is 26.9. The summed E-state index contributed by atoms with van der Waals surface area (Å²) in [6.45, 7) is 7.40. The van der Waals surface area contributed by atoms with Crippen LogP contribution in [0, 0.1) is 6.92 Å². The van der Waals surface area contributed by atoms with Crippen molar-refractivity contribution in [2.45, 2.75) is 33.3 Å². The molecule has 0 radical (unpaired) electrons. The molecule has 0 aliphatic carbocycles. The van der Waals surface area contributed by atoms with Gasteiger partial charge < -0.3 is 9.72 Å². The second kappa shape index (κ2) is 8.23. The minimum atomic E-state index is -0.495. The van der Waals surface area contributed by atoms with Crippen molar-refractivity contribution < 1.29 is 9.53 Å². The monoisotopic (exact) mass is 410 g/mol. The van der Waals surface area contributed by atoms with Crippen molar-refractivity contribution in [3.63, 3.8) is 0 Å². The number of imidazole rings is 1. The Morgan fingerprint density at radius 1 is 0.806 bits per heavy atom. The van der Waals surface area contributed by atoms with Gasteiger partial charge in [0, 0.05) is 0 Å². The van der Waals surface area contributed by atoms with Crippen molar-refractivity contribution in [2.24, 2.45) is 0 Å². The van der Waals surface area contributed by atoms with Gasteiger partial charge in [0.25, 0.3) is 0 Å². The zero-order chi connectivity index (χ0) is 22.0. The van der Waals surface area contributed by atoms with Crippen LogP contribution in [0.5, 0.6) is 0 Å². The van der Waals surface area contributed by atoms with E-state index in [9.17, 15) is 4.79 Å². The number of nitrogens with zero attached hydrogens (tertiary/aromatic N) is 1. The lowest BCUT2D eigenvalue weighted by Gasteiger charge is -2.19. The zero-order valence-electron chi connectivity index (χ0n) is 18.3. The summed E-state index contributed by atoms with van der Waals surface area (Å²) in [5.41, 5.74) is 1.52. The van der Waals surface area contributed by atoms with Gasteiger partial charge in [0.2, 0.25) is 0 Å². The van der Waals surface area contributed by atoms with Gasteiger partial charge in [0.05, 0.1) is 11.1 Å². The van der Waals surface area contributed by atoms with Crippen molar-refractivity contribution in [3.8, 4) is 0 Å². The van der Waals surface area contributed by atoms with E-state index >= 15 is 0 Å². The van der Waals surface area contributed by atoms with E-state index in [-0.39, 0.29) is 5.97 Å². The number of benzene rings is 4. The Morgan fingerprint density at radius 2 is 1.32 bits per heavy atom. The Kier molecular flexibility index (Phi) is 5.47. The number of fused-ring (bicyclic) bond motifs is 3. The van der Waals surface area contributed by atoms with Crippen LogP contribution < -0.4 is 0 Å². The number of aromatic amines is 1. The number of carbonyl (C=O) groups is 1. The van der Waals surface area contributed by atoms with E-state index < -0.39 is 5.60 Å². The summed E-state index contributed by atoms with van der Waals surface area (Å²) in [5.74, 6) is 0.450. The second-order valence-corrected chi connectivity index (χ2v) is 8.57. The molecule has 5 aromatic rings. The standard InChI is InChI=1S/C14H10.C13H16N2O2/c1-2-6-12-10-14-8-4-3-7-13(14)9-11(12)5-1;1-8-14-10-7-5-6-9(11(10)15-8)12(16)17-13(2,3)4/h1-10H;5-7H,1-4H3,(H,14,15). The third-order valence-electron chi connectivity index (χ3n) is 4.86. The Bertz CT molecular complexity index is 1270. The number of esters is 1. The lowest BCUT2D eigenvalue weighted by atomic mass is 10.0. The molecule has 0 spiro atoms. The Balaban J connectivity index is 0.000000151. The molecule has 0 bridgehead atoms. The lowest BCUT2D eigenvalue weighted by molar-refractivity contribution is 0.00716. The van der Waals surface area contributed by atoms with Crippen molar-refractivity contribution in [2.75, 3.05) is 0 Å². The van der Waals surface area contributed by atoms with Gasteiger partial charge in [-0.3, -0.25) is 0 Å². The molecule has 0 atom stereocenters. The quantitative estimate of drug-likeness (QED) is 0.244. The highest BCUT2D eigenvalue weighted by Crippen LogP contribution is 2.22. The van der Waals surface area contributed by atoms with E-state index in [2.05, 4.69) is 70.6 Å². The van der Waals surface area contributed by atoms with Crippen molar-refractivity contribution in [1.82, 2.24) is 9.97 Å². The molecule has 1 aromatic heterocycles. The molecule has 156 valence electrons. The first-order valence-electron chi connectivity index (χ1n) is 10.4. The van der Waals surface area contributed by atoms with Crippen LogP contribution in [-0.2, 0) is 4.74 Å². The van der Waals surface area contributed by atoms with Gasteiger partial charge >= 0.3 is 5.97 Å². The van der Waals surface area contributed by atoms with E-state index in [1.807, 2.05) is 39.8 Å². The highest BCUT2D eigenvalue weighted by Gasteiger charge is 2.20. The van der Waals surface area contributed by atoms with Gasteiger partial charge in [0.15, 0.2) is 0 Å². The molecule has 0 unspecified atom stereocenters. The molecule has 4 heteroatoms. The SMILES string of the molecule is Cc1nc2c(C(=O)OC(C)(C)C)cccc2[nH]1.c1ccc2cc3ccccc3cc2c1. The van der Waals surface area contributed by atoms with E-state index in [4.69, 9.17) is 4.74 Å². The molecule has 0 saturated carbocycles. The number of nitrogens with one attached hydrogen (secondary N) is 1. The maximum Gasteiger partial charge on any atom is 0.340 e. The van der Waals surface area contributed by atoms with Crippen molar-refractivity contribution in [3.05, 3.63) is 90.3 Å². The third-order valence-corrected chi connectivity index (χ3v) is 4.86. The summed E-state index contributed by atoms with van der Waals surface area (Å²) < 4.78 is 5.35. The molecule has 0 fully saturated rings. The van der Waals surface area contributed by atoms with Crippen LogP contribution in [0.2, 0.25) is 0 Å². The van der Waals surface area contributed by atoms with Gasteiger partial charge in [-0.1, -0.05) is 54.6 Å². The molecule has 1 N–H and O–H groups in total. The molecule has 5 rings (SSSR count). The topological polar surface area (TPSA) is 55.0 Å². The minimum Gasteiger partial charge on any atom is -0.456 e. The summed E-state index contributed by atoms with van der Waals surface area (Å²) >= 11 is 0. The van der Waals surface area contributed by atoms with Gasteiger partial charge in [-0.15, -0.1) is 0 Å². The smallest absolute Gasteiger partial charge is 0.340 e. The molecule has 4 aromatic carbocycles. The molecular weight excluding hydrogens is 384 g/mol. The summed E-state index contributed by atoms with van der Waals surface area (Å²) in [5, 5.41) is 5.25. The second-order valence-electron chi connectivity index (χ2n) is 8.57. The summed E-state index contributed by atoms with van der Waals surface area (Å²) in [7, 11) is 0. The molecule has 0 aliphatic heterocycles. The lowest BCUT2D eigenvalue weighted by Crippen LogP contribution is -2.24. The van der Waals surface area contributed by atoms with E-state index in [0.29, 0.717) is 11.1 Å². The minimum absolute atomic E-state index is 0.338. The zero-order valence-corrected chi connectivity index (χ0v) is 18.3. The number of aromatic nitrogens is 2. The van der Waals surface area contributed by atoms with Crippen LogP contribution in [0.4, 0.5) is 0 Å². The molecular formula is C27H26N2O2. The Morgan fingerprint density at radius 3 is 1.81 bits per heavy atom. The molecule has 0 saturated heterocycles. The number of H-pyrrole nitrogens is 1. The average Bonchev–Trinajstić information content (AvgIpc) is 3.11. The highest BCUT2D eigenvalue weighted by atomic mass is 16.6. The van der Waals surface area contributed by atoms with Crippen LogP contribution in [0.3, 0.4) is 0 Å². The molecule has 0 amide bonds. The first-order chi connectivity index (χ1) is 14.8. The number of rotatable bonds is 1. The highest BCUT2D eigenvalue weighted by molar-refractivity contribution is 6.02. The van der Waals surface area contributed by atoms with Gasteiger partial charge in [-0.25, -0.2) is 9.78 Å². The number of hydrogen-bond acceptors (Lipinski definition) is 3. The fraction of sp³-hybridized carbons (Fsp3) is 0.185. The van der Waals surface area contributed by atoms with Crippen LogP contribution in [-0.4, -0.2) is 21.5 Å². The molecule has 31 heavy (non-hydrogen) atoms. The fourth-order valence-corrected chi connectivity index (χ4v) is 3.54. The Hall–Kier alpha value is -3.66. The summed E-state index contributed by atoms with van der Waals surface area (Å²) in [6.07, 6.45) is 0. The van der Waals surface area contributed by atoms with E-state index in [0.717, 1.165) is 11.3 Å². The van der Waals surface area contributed by atoms with E-state index in [1.54, 1.807) is 6.07 Å². The summed E-state index contributed by atoms with van der Waals surface area (Å²) in [4.78, 5) is 19.4. The average molecular weight is 411 g/mol. The fourth-order valence-electron chi connectivity index (χ4n) is 3.54.